The number of esters is 2. The number of allylic oxidation sites excluding steroid dienone is 7. The van der Waals surface area contributed by atoms with Crippen LogP contribution in [0.4, 0.5) is 0 Å². The summed E-state index contributed by atoms with van der Waals surface area (Å²) in [6.45, 7) is 3.45. The largest absolute Gasteiger partial charge is 0.469 e. The lowest BCUT2D eigenvalue weighted by Gasteiger charge is -2.18. The van der Waals surface area contributed by atoms with Gasteiger partial charge in [0.2, 0.25) is 0 Å². The van der Waals surface area contributed by atoms with E-state index in [0.717, 1.165) is 51.4 Å². The summed E-state index contributed by atoms with van der Waals surface area (Å²) >= 11 is 0. The minimum Gasteiger partial charge on any atom is -0.462 e. The van der Waals surface area contributed by atoms with Gasteiger partial charge in [-0.1, -0.05) is 172 Å². The third kappa shape index (κ3) is 41.0. The molecule has 0 aliphatic carbocycles. The number of aliphatic hydroxyl groups excluding tert-OH is 1. The third-order valence-corrected chi connectivity index (χ3v) is 9.39. The van der Waals surface area contributed by atoms with Crippen LogP contribution in [0.2, 0.25) is 0 Å². The van der Waals surface area contributed by atoms with Gasteiger partial charge in [0.15, 0.2) is 6.10 Å². The predicted octanol–water partition coefficient (Wildman–Crippen LogP) is 11.7. The molecular weight excluding hydrogens is 691 g/mol. The second kappa shape index (κ2) is 38.3. The molecule has 0 amide bonds. The van der Waals surface area contributed by atoms with E-state index in [0.29, 0.717) is 25.7 Å². The first-order chi connectivity index (χ1) is 25.7. The molecule has 0 aromatic rings. The monoisotopic (exact) mass is 769 g/mol. The lowest BCUT2D eigenvalue weighted by molar-refractivity contribution is -0.161. The molecule has 53 heavy (non-hydrogen) atoms. The van der Waals surface area contributed by atoms with E-state index in [1.54, 1.807) is 0 Å². The Morgan fingerprint density at radius 3 is 1.51 bits per heavy atom. The Kier molecular flexibility index (Phi) is 36.8. The Balaban J connectivity index is 4.02. The molecule has 0 fully saturated rings. The Hall–Kier alpha value is -2.03. The number of ether oxygens (including phenoxy) is 2. The van der Waals surface area contributed by atoms with E-state index >= 15 is 0 Å². The van der Waals surface area contributed by atoms with Gasteiger partial charge in [-0.05, 0) is 51.4 Å². The molecule has 0 rings (SSSR count). The first-order valence-electron chi connectivity index (χ1n) is 21.0. The van der Waals surface area contributed by atoms with Crippen molar-refractivity contribution >= 4 is 19.8 Å². The van der Waals surface area contributed by atoms with Gasteiger partial charge >= 0.3 is 19.8 Å². The SMILES string of the molecule is CCCCCCCCCCCCCCCCCCCC(=O)O[C@H](COC(=O)CCC/C=C\C/C=C\C/C=C\C/C=C\CC(O)CCC)COP(=O)(O)O. The summed E-state index contributed by atoms with van der Waals surface area (Å²) in [6.07, 6.45) is 43.3. The van der Waals surface area contributed by atoms with Crippen molar-refractivity contribution < 1.29 is 43.0 Å². The summed E-state index contributed by atoms with van der Waals surface area (Å²) in [5.74, 6) is -0.967. The Bertz CT molecular complexity index is 1020. The van der Waals surface area contributed by atoms with Crippen molar-refractivity contribution in [2.45, 2.75) is 199 Å². The second-order valence-electron chi connectivity index (χ2n) is 14.2. The Labute approximate surface area is 323 Å². The molecule has 2 atom stereocenters. The zero-order valence-electron chi connectivity index (χ0n) is 33.5. The number of rotatable bonds is 38. The van der Waals surface area contributed by atoms with Gasteiger partial charge in [0.25, 0.3) is 0 Å². The summed E-state index contributed by atoms with van der Waals surface area (Å²) in [7, 11) is -4.77. The first-order valence-corrected chi connectivity index (χ1v) is 22.5. The molecular formula is C43H77O9P. The van der Waals surface area contributed by atoms with E-state index in [1.807, 2.05) is 18.2 Å². The normalized spacial score (nSPS) is 13.5. The average Bonchev–Trinajstić information content (AvgIpc) is 3.12. The molecule has 0 bridgehead atoms. The van der Waals surface area contributed by atoms with Crippen LogP contribution in [0.25, 0.3) is 0 Å². The van der Waals surface area contributed by atoms with Crippen LogP contribution in [-0.4, -0.2) is 52.3 Å². The Morgan fingerprint density at radius 2 is 1.02 bits per heavy atom. The molecule has 0 aliphatic heterocycles. The van der Waals surface area contributed by atoms with Gasteiger partial charge in [-0.3, -0.25) is 14.1 Å². The number of unbranched alkanes of at least 4 members (excludes halogenated alkanes) is 17. The molecule has 0 spiro atoms. The zero-order chi connectivity index (χ0) is 39.1. The van der Waals surface area contributed by atoms with Crippen LogP contribution in [0.15, 0.2) is 48.6 Å². The minimum absolute atomic E-state index is 0.177. The third-order valence-electron chi connectivity index (χ3n) is 8.91. The van der Waals surface area contributed by atoms with Crippen molar-refractivity contribution in [2.24, 2.45) is 0 Å². The van der Waals surface area contributed by atoms with Gasteiger partial charge < -0.3 is 24.4 Å². The standard InChI is InChI=1S/C43H77O9P/c1-3-5-6-7-8-9-10-11-12-13-14-17-21-24-27-30-33-37-43(46)52-41(39-51-53(47,48)49)38-50-42(45)36-32-29-26-23-20-18-15-16-19-22-25-28-31-35-40(44)34-4-2/h15,18-19,22-23,26,28,31,40-41,44H,3-14,16-17,20-21,24-25,27,29-30,32-39H2,1-2H3,(H2,47,48,49)/b18-15-,22-19-,26-23-,31-28-/t40?,41-/m1/s1. The van der Waals surface area contributed by atoms with Crippen molar-refractivity contribution in [1.29, 1.82) is 0 Å². The number of phosphoric acid groups is 1. The Morgan fingerprint density at radius 1 is 0.566 bits per heavy atom. The van der Waals surface area contributed by atoms with Gasteiger partial charge in [0.1, 0.15) is 6.61 Å². The lowest BCUT2D eigenvalue weighted by Crippen LogP contribution is -2.29. The average molecular weight is 769 g/mol. The molecule has 0 saturated carbocycles. The maximum atomic E-state index is 12.4. The van der Waals surface area contributed by atoms with Gasteiger partial charge in [-0.25, -0.2) is 4.57 Å². The number of carbonyl (C=O) groups is 2. The van der Waals surface area contributed by atoms with Crippen molar-refractivity contribution in [3.63, 3.8) is 0 Å². The molecule has 0 saturated heterocycles. The maximum absolute atomic E-state index is 12.4. The zero-order valence-corrected chi connectivity index (χ0v) is 34.4. The molecule has 0 aliphatic rings. The molecule has 0 aromatic carbocycles. The molecule has 0 radical (unpaired) electrons. The summed E-state index contributed by atoms with van der Waals surface area (Å²) in [5.41, 5.74) is 0. The van der Waals surface area contributed by atoms with E-state index in [2.05, 4.69) is 48.8 Å². The topological polar surface area (TPSA) is 140 Å². The summed E-state index contributed by atoms with van der Waals surface area (Å²) < 4.78 is 26.3. The second-order valence-corrected chi connectivity index (χ2v) is 15.4. The van der Waals surface area contributed by atoms with Crippen LogP contribution >= 0.6 is 7.82 Å². The number of phosphoric ester groups is 1. The van der Waals surface area contributed by atoms with E-state index in [-0.39, 0.29) is 25.6 Å². The highest BCUT2D eigenvalue weighted by atomic mass is 31.2. The first kappa shape index (κ1) is 51.0. The van der Waals surface area contributed by atoms with Gasteiger partial charge in [-0.2, -0.15) is 0 Å². The van der Waals surface area contributed by atoms with Crippen molar-refractivity contribution in [3.05, 3.63) is 48.6 Å². The molecule has 0 heterocycles. The summed E-state index contributed by atoms with van der Waals surface area (Å²) in [6, 6.07) is 0. The highest BCUT2D eigenvalue weighted by Crippen LogP contribution is 2.36. The highest BCUT2D eigenvalue weighted by Gasteiger charge is 2.22. The van der Waals surface area contributed by atoms with Crippen molar-refractivity contribution in [1.82, 2.24) is 0 Å². The van der Waals surface area contributed by atoms with E-state index in [4.69, 9.17) is 19.3 Å². The van der Waals surface area contributed by atoms with Crippen LogP contribution in [0.5, 0.6) is 0 Å². The molecule has 0 aromatic heterocycles. The fourth-order valence-electron chi connectivity index (χ4n) is 5.79. The highest BCUT2D eigenvalue weighted by molar-refractivity contribution is 7.46. The molecule has 10 heteroatoms. The minimum atomic E-state index is -4.77. The van der Waals surface area contributed by atoms with Crippen LogP contribution in [-0.2, 0) is 28.2 Å². The fraction of sp³-hybridized carbons (Fsp3) is 0.767. The van der Waals surface area contributed by atoms with Crippen LogP contribution in [0, 0.1) is 0 Å². The maximum Gasteiger partial charge on any atom is 0.469 e. The predicted molar refractivity (Wildman–Crippen MR) is 217 cm³/mol. The summed E-state index contributed by atoms with van der Waals surface area (Å²) in [4.78, 5) is 42.8. The van der Waals surface area contributed by atoms with Crippen molar-refractivity contribution in [2.75, 3.05) is 13.2 Å². The van der Waals surface area contributed by atoms with Gasteiger partial charge in [0.05, 0.1) is 12.7 Å². The molecule has 9 nitrogen and oxygen atoms in total. The smallest absolute Gasteiger partial charge is 0.462 e. The number of aliphatic hydroxyl groups is 1. The fourth-order valence-corrected chi connectivity index (χ4v) is 6.15. The van der Waals surface area contributed by atoms with Gasteiger partial charge in [0, 0.05) is 12.8 Å². The molecule has 1 unspecified atom stereocenters. The molecule has 3 N–H and O–H groups in total. The molecule has 308 valence electrons. The van der Waals surface area contributed by atoms with Crippen LogP contribution in [0.1, 0.15) is 187 Å². The van der Waals surface area contributed by atoms with E-state index in [9.17, 15) is 19.3 Å². The van der Waals surface area contributed by atoms with E-state index < -0.39 is 32.5 Å². The van der Waals surface area contributed by atoms with Crippen LogP contribution in [0.3, 0.4) is 0 Å². The van der Waals surface area contributed by atoms with Gasteiger partial charge in [-0.15, -0.1) is 0 Å². The van der Waals surface area contributed by atoms with E-state index in [1.165, 1.54) is 83.5 Å². The number of carbonyl (C=O) groups excluding carboxylic acids is 2. The quantitative estimate of drug-likeness (QED) is 0.0242. The number of hydrogen-bond acceptors (Lipinski definition) is 7. The lowest BCUT2D eigenvalue weighted by atomic mass is 10.0. The number of hydrogen-bond donors (Lipinski definition) is 3. The van der Waals surface area contributed by atoms with Crippen molar-refractivity contribution in [3.8, 4) is 0 Å². The summed E-state index contributed by atoms with van der Waals surface area (Å²) in [5, 5.41) is 9.70. The van der Waals surface area contributed by atoms with Crippen LogP contribution < -0.4 is 0 Å².